The highest BCUT2D eigenvalue weighted by Crippen LogP contribution is 2.36. The maximum Gasteiger partial charge on any atom is 0.294 e. The highest BCUT2D eigenvalue weighted by atomic mass is 32.2. The second kappa shape index (κ2) is 12.8. The fourth-order valence-electron chi connectivity index (χ4n) is 3.62. The van der Waals surface area contributed by atoms with Gasteiger partial charge in [-0.25, -0.2) is 13.4 Å². The van der Waals surface area contributed by atoms with Crippen molar-refractivity contribution in [3.63, 3.8) is 0 Å². The molecule has 2 aromatic carbocycles. The number of azo groups is 1. The summed E-state index contributed by atoms with van der Waals surface area (Å²) in [6, 6.07) is 11.3. The second-order valence-corrected chi connectivity index (χ2v) is 11.8. The zero-order valence-electron chi connectivity index (χ0n) is 21.4. The summed E-state index contributed by atoms with van der Waals surface area (Å²) in [4.78, 5) is 4.26. The number of methoxy groups -OCH3 is 1. The zero-order valence-corrected chi connectivity index (χ0v) is 23.0. The van der Waals surface area contributed by atoms with Crippen molar-refractivity contribution in [2.45, 2.75) is 18.2 Å². The Hall–Kier alpha value is -3.90. The van der Waals surface area contributed by atoms with Gasteiger partial charge in [0.05, 0.1) is 21.9 Å². The van der Waals surface area contributed by atoms with E-state index in [1.54, 1.807) is 32.2 Å². The van der Waals surface area contributed by atoms with Crippen LogP contribution in [0, 0.1) is 18.3 Å². The van der Waals surface area contributed by atoms with E-state index >= 15 is 0 Å². The summed E-state index contributed by atoms with van der Waals surface area (Å²) in [5.74, 6) is 0.306. The van der Waals surface area contributed by atoms with Crippen molar-refractivity contribution in [1.29, 1.82) is 5.26 Å². The van der Waals surface area contributed by atoms with Crippen molar-refractivity contribution in [3.8, 4) is 6.07 Å². The summed E-state index contributed by atoms with van der Waals surface area (Å²) in [5, 5.41) is 26.7. The number of nitriles is 1. The molecule has 0 saturated heterocycles. The van der Waals surface area contributed by atoms with E-state index in [2.05, 4.69) is 38.5 Å². The fourth-order valence-corrected chi connectivity index (χ4v) is 4.69. The van der Waals surface area contributed by atoms with E-state index in [1.165, 1.54) is 18.2 Å². The molecule has 0 atom stereocenters. The highest BCUT2D eigenvalue weighted by Gasteiger charge is 2.18. The molecule has 0 radical (unpaired) electrons. The summed E-state index contributed by atoms with van der Waals surface area (Å²) in [7, 11) is -6.23. The lowest BCUT2D eigenvalue weighted by atomic mass is 10.1. The second-order valence-electron chi connectivity index (χ2n) is 8.34. The molecule has 0 aliphatic carbocycles. The molecule has 206 valence electrons. The van der Waals surface area contributed by atoms with Crippen LogP contribution in [0.3, 0.4) is 0 Å². The van der Waals surface area contributed by atoms with Gasteiger partial charge >= 0.3 is 0 Å². The number of ether oxygens (including phenoxy) is 1. The van der Waals surface area contributed by atoms with Gasteiger partial charge in [-0.15, -0.1) is 10.2 Å². The van der Waals surface area contributed by atoms with Crippen molar-refractivity contribution in [1.82, 2.24) is 4.98 Å². The molecule has 0 amide bonds. The highest BCUT2D eigenvalue weighted by molar-refractivity contribution is 7.94. The van der Waals surface area contributed by atoms with Gasteiger partial charge in [0.25, 0.3) is 10.1 Å². The first kappa shape index (κ1) is 29.7. The van der Waals surface area contributed by atoms with E-state index < -0.39 is 20.0 Å². The van der Waals surface area contributed by atoms with Gasteiger partial charge in [-0.1, -0.05) is 24.8 Å². The van der Waals surface area contributed by atoms with E-state index in [1.807, 2.05) is 0 Å². The predicted molar refractivity (Wildman–Crippen MR) is 149 cm³/mol. The third-order valence-corrected chi connectivity index (χ3v) is 7.79. The molecule has 0 spiro atoms. The summed E-state index contributed by atoms with van der Waals surface area (Å²) < 4.78 is 61.0. The number of pyridine rings is 1. The number of rotatable bonds is 13. The van der Waals surface area contributed by atoms with E-state index in [4.69, 9.17) is 4.74 Å². The Morgan fingerprint density at radius 3 is 2.54 bits per heavy atom. The zero-order chi connectivity index (χ0) is 28.6. The monoisotopic (exact) mass is 572 g/mol. The Bertz CT molecular complexity index is 1660. The summed E-state index contributed by atoms with van der Waals surface area (Å²) in [6.07, 6.45) is 0.660. The van der Waals surface area contributed by atoms with Crippen molar-refractivity contribution < 1.29 is 26.1 Å². The molecule has 3 rings (SSSR count). The average molecular weight is 573 g/mol. The van der Waals surface area contributed by atoms with E-state index in [9.17, 15) is 26.7 Å². The van der Waals surface area contributed by atoms with Gasteiger partial charge in [0, 0.05) is 43.2 Å². The molecule has 0 fully saturated rings. The molecular formula is C25H28N6O6S2. The molecule has 0 bridgehead atoms. The Kier molecular flexibility index (Phi) is 9.71. The van der Waals surface area contributed by atoms with Gasteiger partial charge < -0.3 is 15.4 Å². The number of fused-ring (bicyclic) bond motifs is 1. The molecule has 1 heterocycles. The number of nitrogens with zero attached hydrogens (tertiary/aromatic N) is 4. The van der Waals surface area contributed by atoms with Crippen molar-refractivity contribution in [2.75, 3.05) is 43.2 Å². The smallest absolute Gasteiger partial charge is 0.294 e. The van der Waals surface area contributed by atoms with E-state index in [0.717, 1.165) is 5.41 Å². The number of anilines is 2. The lowest BCUT2D eigenvalue weighted by molar-refractivity contribution is 0.198. The Balaban J connectivity index is 2.04. The van der Waals surface area contributed by atoms with Crippen LogP contribution in [-0.4, -0.2) is 58.9 Å². The summed E-state index contributed by atoms with van der Waals surface area (Å²) in [5.41, 5.74) is 1.38. The van der Waals surface area contributed by atoms with E-state index in [0.29, 0.717) is 53.1 Å². The number of aromatic nitrogens is 1. The average Bonchev–Trinajstić information content (AvgIpc) is 2.90. The molecule has 0 aliphatic heterocycles. The Morgan fingerprint density at radius 2 is 1.87 bits per heavy atom. The van der Waals surface area contributed by atoms with Crippen LogP contribution in [0.1, 0.15) is 17.5 Å². The van der Waals surface area contributed by atoms with Gasteiger partial charge in [0.2, 0.25) is 0 Å². The first-order valence-electron chi connectivity index (χ1n) is 11.7. The fraction of sp³-hybridized carbons (Fsp3) is 0.280. The van der Waals surface area contributed by atoms with Gasteiger partial charge in [0.15, 0.2) is 15.7 Å². The normalized spacial score (nSPS) is 11.9. The SMILES string of the molecule is C=CS(=O)(=O)CCNc1nc(NCCCOC)c(/N=N/c2cccc3cc(S(=O)(=O)O)ccc23)c(C)c1C#N. The molecule has 0 saturated carbocycles. The van der Waals surface area contributed by atoms with Gasteiger partial charge in [-0.3, -0.25) is 4.55 Å². The largest absolute Gasteiger partial charge is 0.385 e. The van der Waals surface area contributed by atoms with Crippen LogP contribution in [0.25, 0.3) is 10.8 Å². The third-order valence-electron chi connectivity index (χ3n) is 5.66. The van der Waals surface area contributed by atoms with Crippen LogP contribution >= 0.6 is 0 Å². The molecule has 1 aromatic heterocycles. The maximum absolute atomic E-state index is 11.8. The minimum atomic E-state index is -4.37. The number of benzene rings is 2. The van der Waals surface area contributed by atoms with Crippen LogP contribution in [-0.2, 0) is 24.7 Å². The van der Waals surface area contributed by atoms with Gasteiger partial charge in [-0.05, 0) is 36.9 Å². The lowest BCUT2D eigenvalue weighted by Crippen LogP contribution is -2.16. The van der Waals surface area contributed by atoms with Gasteiger partial charge in [0.1, 0.15) is 17.6 Å². The minimum Gasteiger partial charge on any atom is -0.385 e. The number of sulfone groups is 1. The van der Waals surface area contributed by atoms with Crippen LogP contribution in [0.15, 0.2) is 63.5 Å². The van der Waals surface area contributed by atoms with E-state index in [-0.39, 0.29) is 28.6 Å². The quantitative estimate of drug-likeness (QED) is 0.150. The van der Waals surface area contributed by atoms with Crippen LogP contribution in [0.5, 0.6) is 0 Å². The lowest BCUT2D eigenvalue weighted by Gasteiger charge is -2.15. The number of nitrogens with one attached hydrogen (secondary N) is 2. The Morgan fingerprint density at radius 1 is 1.13 bits per heavy atom. The molecule has 3 N–H and O–H groups in total. The summed E-state index contributed by atoms with van der Waals surface area (Å²) >= 11 is 0. The number of hydrogen-bond donors (Lipinski definition) is 3. The summed E-state index contributed by atoms with van der Waals surface area (Å²) in [6.45, 7) is 5.98. The molecule has 39 heavy (non-hydrogen) atoms. The van der Waals surface area contributed by atoms with Crippen LogP contribution in [0.2, 0.25) is 0 Å². The van der Waals surface area contributed by atoms with Crippen molar-refractivity contribution in [2.24, 2.45) is 10.2 Å². The molecule has 0 aliphatic rings. The first-order chi connectivity index (χ1) is 18.5. The van der Waals surface area contributed by atoms with Crippen LogP contribution in [0.4, 0.5) is 23.0 Å². The molecule has 14 heteroatoms. The van der Waals surface area contributed by atoms with Gasteiger partial charge in [-0.2, -0.15) is 13.7 Å². The third kappa shape index (κ3) is 7.58. The molecular weight excluding hydrogens is 544 g/mol. The Labute approximate surface area is 227 Å². The maximum atomic E-state index is 11.8. The first-order valence-corrected chi connectivity index (χ1v) is 14.8. The van der Waals surface area contributed by atoms with Crippen molar-refractivity contribution in [3.05, 3.63) is 59.5 Å². The molecule has 0 unspecified atom stereocenters. The molecule has 3 aromatic rings. The van der Waals surface area contributed by atoms with Crippen molar-refractivity contribution >= 4 is 53.7 Å². The van der Waals surface area contributed by atoms with Crippen LogP contribution < -0.4 is 10.6 Å². The topological polar surface area (TPSA) is 183 Å². The predicted octanol–water partition coefficient (Wildman–Crippen LogP) is 4.50. The number of hydrogen-bond acceptors (Lipinski definition) is 11. The minimum absolute atomic E-state index is 0.0149. The molecule has 12 nitrogen and oxygen atoms in total. The standard InChI is InChI=1S/C25H28N6O6S2/c1-4-38(32,33)14-12-28-24-21(16-26)17(2)23(25(29-24)27-11-6-13-37-3)31-30-22-8-5-7-18-15-19(39(34,35)36)9-10-20(18)22/h4-5,7-10,15H,1,6,11-14H2,2-3H3,(H2,27,28,29)(H,34,35,36)/b31-30+.